The number of carbonyl (C=O) groups is 2. The molecule has 3 aliphatic rings. The molecular formula is C17H15NO2. The first-order chi connectivity index (χ1) is 9.74. The molecule has 1 aromatic rings. The summed E-state index contributed by atoms with van der Waals surface area (Å²) < 4.78 is 0. The van der Waals surface area contributed by atoms with Crippen LogP contribution in [0.3, 0.4) is 0 Å². The maximum absolute atomic E-state index is 12.6. The molecule has 20 heavy (non-hydrogen) atoms. The van der Waals surface area contributed by atoms with Gasteiger partial charge in [0.25, 0.3) is 0 Å². The fraction of sp³-hybridized carbons (Fsp3) is 0.294. The lowest BCUT2D eigenvalue weighted by Gasteiger charge is -2.29. The summed E-state index contributed by atoms with van der Waals surface area (Å²) in [6.07, 6.45) is 6.69. The van der Waals surface area contributed by atoms with Gasteiger partial charge >= 0.3 is 0 Å². The van der Waals surface area contributed by atoms with Crippen molar-refractivity contribution in [3.8, 4) is 0 Å². The highest BCUT2D eigenvalue weighted by Gasteiger charge is 2.53. The molecule has 3 nitrogen and oxygen atoms in total. The summed E-state index contributed by atoms with van der Waals surface area (Å²) in [7, 11) is 0. The lowest BCUT2D eigenvalue weighted by atomic mass is 9.73. The van der Waals surface area contributed by atoms with Gasteiger partial charge in [-0.1, -0.05) is 30.4 Å². The van der Waals surface area contributed by atoms with Gasteiger partial charge in [0, 0.05) is 23.6 Å². The van der Waals surface area contributed by atoms with Crippen molar-refractivity contribution >= 4 is 17.3 Å². The Kier molecular flexibility index (Phi) is 2.43. The van der Waals surface area contributed by atoms with Crippen LogP contribution < -0.4 is 5.32 Å². The second-order valence-electron chi connectivity index (χ2n) is 5.82. The Hall–Kier alpha value is -2.16. The van der Waals surface area contributed by atoms with Crippen molar-refractivity contribution in [2.75, 3.05) is 5.32 Å². The van der Waals surface area contributed by atoms with Crippen LogP contribution in [0, 0.1) is 23.7 Å². The number of para-hydroxylation sites is 1. The van der Waals surface area contributed by atoms with Crippen LogP contribution in [0.1, 0.15) is 6.42 Å². The third kappa shape index (κ3) is 1.59. The maximum atomic E-state index is 12.6. The zero-order chi connectivity index (χ0) is 13.7. The van der Waals surface area contributed by atoms with E-state index in [2.05, 4.69) is 17.5 Å². The molecule has 0 spiro atoms. The number of ketones is 2. The number of rotatable bonds is 2. The number of Topliss-reactive ketones (excluding diaryl/α,β-unsaturated/α-hetero) is 1. The van der Waals surface area contributed by atoms with Crippen molar-refractivity contribution in [2.24, 2.45) is 23.7 Å². The fourth-order valence-corrected chi connectivity index (χ4v) is 3.83. The van der Waals surface area contributed by atoms with Crippen LogP contribution in [-0.2, 0) is 9.59 Å². The summed E-state index contributed by atoms with van der Waals surface area (Å²) in [4.78, 5) is 24.9. The molecule has 0 heterocycles. The summed E-state index contributed by atoms with van der Waals surface area (Å²) in [5, 5.41) is 3.10. The lowest BCUT2D eigenvalue weighted by Crippen LogP contribution is -2.39. The molecule has 3 heteroatoms. The van der Waals surface area contributed by atoms with Crippen LogP contribution in [0.4, 0.5) is 5.69 Å². The lowest BCUT2D eigenvalue weighted by molar-refractivity contribution is -0.130. The molecule has 0 aromatic heterocycles. The Morgan fingerprint density at radius 1 is 0.950 bits per heavy atom. The second-order valence-corrected chi connectivity index (χ2v) is 5.82. The number of hydrogen-bond acceptors (Lipinski definition) is 3. The number of benzene rings is 1. The molecule has 4 atom stereocenters. The topological polar surface area (TPSA) is 46.2 Å². The average Bonchev–Trinajstić information content (AvgIpc) is 3.06. The number of nitrogens with one attached hydrogen (secondary N) is 1. The molecule has 1 fully saturated rings. The Morgan fingerprint density at radius 2 is 1.65 bits per heavy atom. The summed E-state index contributed by atoms with van der Waals surface area (Å²) >= 11 is 0. The maximum Gasteiger partial charge on any atom is 0.183 e. The zero-order valence-corrected chi connectivity index (χ0v) is 11.0. The van der Waals surface area contributed by atoms with Crippen molar-refractivity contribution in [3.05, 3.63) is 54.3 Å². The third-order valence-electron chi connectivity index (χ3n) is 4.70. The Labute approximate surface area is 117 Å². The van der Waals surface area contributed by atoms with E-state index >= 15 is 0 Å². The second kappa shape index (κ2) is 4.17. The standard InChI is InChI=1S/C17H15NO2/c19-14-9-13(18-12-4-2-1-3-5-12)17(20)16-11-7-6-10(8-11)15(14)16/h1-7,9-11,15-16,18H,8H2. The molecular weight excluding hydrogens is 250 g/mol. The minimum Gasteiger partial charge on any atom is -0.353 e. The van der Waals surface area contributed by atoms with Gasteiger partial charge < -0.3 is 5.32 Å². The minimum atomic E-state index is -0.145. The molecule has 1 N–H and O–H groups in total. The third-order valence-corrected chi connectivity index (χ3v) is 4.70. The smallest absolute Gasteiger partial charge is 0.183 e. The van der Waals surface area contributed by atoms with Crippen molar-refractivity contribution in [2.45, 2.75) is 6.42 Å². The fourth-order valence-electron chi connectivity index (χ4n) is 3.83. The first kappa shape index (κ1) is 11.6. The number of carbonyl (C=O) groups excluding carboxylic acids is 2. The van der Waals surface area contributed by atoms with Crippen molar-refractivity contribution < 1.29 is 9.59 Å². The molecule has 2 bridgehead atoms. The van der Waals surface area contributed by atoms with Gasteiger partial charge in [-0.25, -0.2) is 0 Å². The first-order valence-electron chi connectivity index (χ1n) is 7.04. The van der Waals surface area contributed by atoms with Crippen molar-refractivity contribution in [1.82, 2.24) is 0 Å². The molecule has 4 rings (SSSR count). The van der Waals surface area contributed by atoms with Gasteiger partial charge in [0.15, 0.2) is 11.6 Å². The largest absolute Gasteiger partial charge is 0.353 e. The average molecular weight is 265 g/mol. The molecule has 0 amide bonds. The van der Waals surface area contributed by atoms with E-state index in [-0.39, 0.29) is 35.2 Å². The monoisotopic (exact) mass is 265 g/mol. The van der Waals surface area contributed by atoms with Gasteiger partial charge in [0.1, 0.15) is 0 Å². The van der Waals surface area contributed by atoms with E-state index in [4.69, 9.17) is 0 Å². The van der Waals surface area contributed by atoms with E-state index < -0.39 is 0 Å². The van der Waals surface area contributed by atoms with Crippen molar-refractivity contribution in [1.29, 1.82) is 0 Å². The molecule has 0 radical (unpaired) electrons. The van der Waals surface area contributed by atoms with E-state index in [9.17, 15) is 9.59 Å². The van der Waals surface area contributed by atoms with Crippen LogP contribution in [0.25, 0.3) is 0 Å². The number of allylic oxidation sites excluding steroid dienone is 4. The molecule has 1 saturated carbocycles. The zero-order valence-electron chi connectivity index (χ0n) is 11.0. The SMILES string of the molecule is O=C1C=C(Nc2ccccc2)C(=O)C2C3C=CC(C3)C12. The Balaban J connectivity index is 1.66. The van der Waals surface area contributed by atoms with Gasteiger partial charge in [-0.15, -0.1) is 0 Å². The van der Waals surface area contributed by atoms with Crippen LogP contribution in [0.15, 0.2) is 54.3 Å². The molecule has 0 aliphatic heterocycles. The van der Waals surface area contributed by atoms with Gasteiger partial charge in [-0.2, -0.15) is 0 Å². The van der Waals surface area contributed by atoms with Gasteiger partial charge in [-0.05, 0) is 30.4 Å². The molecule has 4 unspecified atom stereocenters. The summed E-state index contributed by atoms with van der Waals surface area (Å²) in [6, 6.07) is 9.52. The Bertz CT molecular complexity index is 644. The highest BCUT2D eigenvalue weighted by molar-refractivity contribution is 6.13. The van der Waals surface area contributed by atoms with Crippen LogP contribution >= 0.6 is 0 Å². The van der Waals surface area contributed by atoms with E-state index in [0.717, 1.165) is 12.1 Å². The molecule has 100 valence electrons. The van der Waals surface area contributed by atoms with E-state index in [1.54, 1.807) is 0 Å². The van der Waals surface area contributed by atoms with Gasteiger partial charge in [-0.3, -0.25) is 9.59 Å². The minimum absolute atomic E-state index is 0.0929. The quantitative estimate of drug-likeness (QED) is 0.836. The van der Waals surface area contributed by atoms with Crippen molar-refractivity contribution in [3.63, 3.8) is 0 Å². The predicted molar refractivity (Wildman–Crippen MR) is 75.9 cm³/mol. The summed E-state index contributed by atoms with van der Waals surface area (Å²) in [5.74, 6) is 0.464. The van der Waals surface area contributed by atoms with Crippen LogP contribution in [0.2, 0.25) is 0 Å². The summed E-state index contributed by atoms with van der Waals surface area (Å²) in [5.41, 5.74) is 1.29. The highest BCUT2D eigenvalue weighted by Crippen LogP contribution is 2.51. The van der Waals surface area contributed by atoms with E-state index in [0.29, 0.717) is 5.70 Å². The number of fused-ring (bicyclic) bond motifs is 5. The van der Waals surface area contributed by atoms with Crippen LogP contribution in [0.5, 0.6) is 0 Å². The molecule has 0 saturated heterocycles. The number of anilines is 1. The summed E-state index contributed by atoms with van der Waals surface area (Å²) in [6.45, 7) is 0. The normalized spacial score (nSPS) is 34.1. The molecule has 3 aliphatic carbocycles. The molecule has 1 aromatic carbocycles. The predicted octanol–water partition coefficient (Wildman–Crippen LogP) is 2.57. The first-order valence-corrected chi connectivity index (χ1v) is 7.04. The van der Waals surface area contributed by atoms with E-state index in [1.165, 1.54) is 6.08 Å². The van der Waals surface area contributed by atoms with Crippen LogP contribution in [-0.4, -0.2) is 11.6 Å². The van der Waals surface area contributed by atoms with E-state index in [1.807, 2.05) is 30.3 Å². The Morgan fingerprint density at radius 3 is 2.40 bits per heavy atom. The van der Waals surface area contributed by atoms with Gasteiger partial charge in [0.05, 0.1) is 5.70 Å². The number of hydrogen-bond donors (Lipinski definition) is 1. The van der Waals surface area contributed by atoms with Gasteiger partial charge in [0.2, 0.25) is 0 Å². The highest BCUT2D eigenvalue weighted by atomic mass is 16.1.